The van der Waals surface area contributed by atoms with Gasteiger partial charge in [-0.1, -0.05) is 20.8 Å². The highest BCUT2D eigenvalue weighted by molar-refractivity contribution is 4.87. The Labute approximate surface area is 74.9 Å². The van der Waals surface area contributed by atoms with Crippen molar-refractivity contribution in [1.82, 2.24) is 5.12 Å². The first-order chi connectivity index (χ1) is 5.75. The highest BCUT2D eigenvalue weighted by atomic mass is 19.2. The molecule has 2 aliphatic rings. The molecule has 0 aromatic rings. The normalized spacial score (nSPS) is 40.5. The van der Waals surface area contributed by atoms with Crippen molar-refractivity contribution in [2.75, 3.05) is 6.54 Å². The number of hydrogen-bond acceptors (Lipinski definition) is 1. The van der Waals surface area contributed by atoms with Gasteiger partial charge in [0.2, 0.25) is 0 Å². The highest BCUT2D eigenvalue weighted by Crippen LogP contribution is 2.38. The van der Waals surface area contributed by atoms with Crippen LogP contribution in [0.2, 0.25) is 0 Å². The lowest BCUT2D eigenvalue weighted by Crippen LogP contribution is -2.23. The zero-order valence-corrected chi connectivity index (χ0v) is 8.39. The van der Waals surface area contributed by atoms with Gasteiger partial charge in [0, 0.05) is 12.6 Å². The summed E-state index contributed by atoms with van der Waals surface area (Å²) in [4.78, 5) is 0. The van der Waals surface area contributed by atoms with Gasteiger partial charge in [-0.2, -0.15) is 0 Å². The monoisotopic (exact) mass is 173 g/mol. The molecule has 0 amide bonds. The van der Waals surface area contributed by atoms with E-state index in [1.165, 1.54) is 6.42 Å². The maximum absolute atomic E-state index is 12.9. The average molecular weight is 173 g/mol. The first-order valence-electron chi connectivity index (χ1n) is 5.18. The SMILES string of the molecule is CC.CC1CC2CC(C1)N(F)C2. The van der Waals surface area contributed by atoms with E-state index in [4.69, 9.17) is 0 Å². The Morgan fingerprint density at radius 3 is 2.42 bits per heavy atom. The quantitative estimate of drug-likeness (QED) is 0.509. The Morgan fingerprint density at radius 2 is 1.83 bits per heavy atom. The lowest BCUT2D eigenvalue weighted by molar-refractivity contribution is 0.00648. The van der Waals surface area contributed by atoms with Gasteiger partial charge in [-0.15, -0.1) is 9.60 Å². The van der Waals surface area contributed by atoms with Crippen LogP contribution in [0.25, 0.3) is 0 Å². The third-order valence-corrected chi connectivity index (χ3v) is 2.84. The van der Waals surface area contributed by atoms with Gasteiger partial charge in [0.05, 0.1) is 0 Å². The minimum Gasteiger partial charge on any atom is -0.143 e. The van der Waals surface area contributed by atoms with Crippen LogP contribution in [-0.2, 0) is 0 Å². The van der Waals surface area contributed by atoms with Crippen LogP contribution in [0.1, 0.15) is 40.0 Å². The molecule has 2 heteroatoms. The lowest BCUT2D eigenvalue weighted by Gasteiger charge is -2.23. The average Bonchev–Trinajstić information content (AvgIpc) is 2.30. The summed E-state index contributed by atoms with van der Waals surface area (Å²) < 4.78 is 12.9. The smallest absolute Gasteiger partial charge is 0.0408 e. The lowest BCUT2D eigenvalue weighted by atomic mass is 9.83. The summed E-state index contributed by atoms with van der Waals surface area (Å²) in [6, 6.07) is 0.272. The van der Waals surface area contributed by atoms with E-state index < -0.39 is 0 Å². The van der Waals surface area contributed by atoms with E-state index in [1.807, 2.05) is 13.8 Å². The van der Waals surface area contributed by atoms with E-state index in [0.29, 0.717) is 12.5 Å². The molecule has 1 saturated heterocycles. The predicted octanol–water partition coefficient (Wildman–Crippen LogP) is 3.02. The predicted molar refractivity (Wildman–Crippen MR) is 49.5 cm³/mol. The molecule has 1 aliphatic heterocycles. The third-order valence-electron chi connectivity index (χ3n) is 2.84. The van der Waals surface area contributed by atoms with Gasteiger partial charge in [0.1, 0.15) is 0 Å². The molecule has 0 aromatic heterocycles. The Kier molecular flexibility index (Phi) is 3.51. The van der Waals surface area contributed by atoms with Crippen LogP contribution < -0.4 is 0 Å². The molecular formula is C10H20FN. The van der Waals surface area contributed by atoms with Crippen molar-refractivity contribution in [1.29, 1.82) is 0 Å². The molecule has 1 aliphatic carbocycles. The molecule has 12 heavy (non-hydrogen) atoms. The standard InChI is InChI=1S/C8H14FN.C2H6/c1-6-2-7-4-8(3-6)10(9)5-7;1-2/h6-8H,2-5H2,1H3;1-2H3. The maximum atomic E-state index is 12.9. The molecule has 0 N–H and O–H groups in total. The van der Waals surface area contributed by atoms with E-state index in [0.717, 1.165) is 23.9 Å². The molecule has 0 spiro atoms. The summed E-state index contributed by atoms with van der Waals surface area (Å²) in [7, 11) is 0. The Hall–Kier alpha value is -0.110. The molecule has 1 saturated carbocycles. The van der Waals surface area contributed by atoms with Gasteiger partial charge >= 0.3 is 0 Å². The number of fused-ring (bicyclic) bond motifs is 2. The van der Waals surface area contributed by atoms with Crippen molar-refractivity contribution < 1.29 is 4.48 Å². The van der Waals surface area contributed by atoms with E-state index in [1.54, 1.807) is 0 Å². The fourth-order valence-corrected chi connectivity index (χ4v) is 2.48. The highest BCUT2D eigenvalue weighted by Gasteiger charge is 2.38. The minimum atomic E-state index is 0.272. The van der Waals surface area contributed by atoms with Crippen molar-refractivity contribution in [2.24, 2.45) is 11.8 Å². The summed E-state index contributed by atoms with van der Waals surface area (Å²) in [6.45, 7) is 6.94. The molecule has 2 bridgehead atoms. The van der Waals surface area contributed by atoms with Crippen LogP contribution in [0, 0.1) is 11.8 Å². The van der Waals surface area contributed by atoms with Gasteiger partial charge in [0.25, 0.3) is 0 Å². The van der Waals surface area contributed by atoms with Crippen LogP contribution in [0.5, 0.6) is 0 Å². The van der Waals surface area contributed by atoms with Gasteiger partial charge in [-0.25, -0.2) is 0 Å². The van der Waals surface area contributed by atoms with Crippen molar-refractivity contribution in [3.8, 4) is 0 Å². The van der Waals surface area contributed by atoms with E-state index >= 15 is 0 Å². The minimum absolute atomic E-state index is 0.272. The summed E-state index contributed by atoms with van der Waals surface area (Å²) in [5.41, 5.74) is 0. The van der Waals surface area contributed by atoms with Crippen LogP contribution >= 0.6 is 0 Å². The number of rotatable bonds is 0. The largest absolute Gasteiger partial charge is 0.143 e. The number of halogens is 1. The van der Waals surface area contributed by atoms with Crippen LogP contribution in [-0.4, -0.2) is 17.7 Å². The molecule has 0 aromatic carbocycles. The first kappa shape index (κ1) is 9.97. The van der Waals surface area contributed by atoms with Crippen LogP contribution in [0.15, 0.2) is 0 Å². The van der Waals surface area contributed by atoms with E-state index in [2.05, 4.69) is 6.92 Å². The molecule has 1 nitrogen and oxygen atoms in total. The topological polar surface area (TPSA) is 3.24 Å². The van der Waals surface area contributed by atoms with Crippen molar-refractivity contribution in [2.45, 2.75) is 46.1 Å². The van der Waals surface area contributed by atoms with Crippen molar-refractivity contribution in [3.05, 3.63) is 0 Å². The molecule has 0 radical (unpaired) electrons. The van der Waals surface area contributed by atoms with E-state index in [9.17, 15) is 4.48 Å². The molecule has 2 fully saturated rings. The Morgan fingerprint density at radius 1 is 1.17 bits per heavy atom. The van der Waals surface area contributed by atoms with Gasteiger partial charge in [-0.3, -0.25) is 0 Å². The Bertz CT molecular complexity index is 133. The molecular weight excluding hydrogens is 153 g/mol. The summed E-state index contributed by atoms with van der Waals surface area (Å²) in [6.07, 6.45) is 3.44. The fraction of sp³-hybridized carbons (Fsp3) is 1.00. The number of hydrogen-bond donors (Lipinski definition) is 0. The fourth-order valence-electron chi connectivity index (χ4n) is 2.48. The molecule has 2 rings (SSSR count). The summed E-state index contributed by atoms with van der Waals surface area (Å²) in [5, 5.41) is 1.05. The van der Waals surface area contributed by atoms with Crippen LogP contribution in [0.3, 0.4) is 0 Å². The second-order valence-corrected chi connectivity index (χ2v) is 3.91. The second-order valence-electron chi connectivity index (χ2n) is 3.91. The number of nitrogens with zero attached hydrogens (tertiary/aromatic N) is 1. The van der Waals surface area contributed by atoms with Crippen LogP contribution in [0.4, 0.5) is 4.48 Å². The molecule has 1 heterocycles. The zero-order chi connectivity index (χ0) is 9.14. The van der Waals surface area contributed by atoms with Crippen molar-refractivity contribution in [3.63, 3.8) is 0 Å². The molecule has 72 valence electrons. The second kappa shape index (κ2) is 4.22. The molecule has 3 unspecified atom stereocenters. The van der Waals surface area contributed by atoms with E-state index in [-0.39, 0.29) is 6.04 Å². The summed E-state index contributed by atoms with van der Waals surface area (Å²) in [5.74, 6) is 1.42. The first-order valence-corrected chi connectivity index (χ1v) is 5.18. The van der Waals surface area contributed by atoms with Crippen molar-refractivity contribution >= 4 is 0 Å². The third kappa shape index (κ3) is 1.98. The summed E-state index contributed by atoms with van der Waals surface area (Å²) >= 11 is 0. The zero-order valence-electron chi connectivity index (χ0n) is 8.39. The Balaban J connectivity index is 0.000000336. The molecule has 3 atom stereocenters. The van der Waals surface area contributed by atoms with Gasteiger partial charge < -0.3 is 0 Å². The van der Waals surface area contributed by atoms with Gasteiger partial charge in [-0.05, 0) is 31.1 Å². The van der Waals surface area contributed by atoms with Gasteiger partial charge in [0.15, 0.2) is 0 Å². The maximum Gasteiger partial charge on any atom is 0.0408 e.